The van der Waals surface area contributed by atoms with Gasteiger partial charge >= 0.3 is 0 Å². The maximum atomic E-state index is 13.6. The van der Waals surface area contributed by atoms with Gasteiger partial charge in [-0.2, -0.15) is 0 Å². The fourth-order valence-corrected chi connectivity index (χ4v) is 4.43. The van der Waals surface area contributed by atoms with Gasteiger partial charge in [0.1, 0.15) is 11.6 Å². The number of aliphatic hydroxyl groups is 1. The molecule has 0 spiro atoms. The minimum absolute atomic E-state index is 0.153. The predicted octanol–water partition coefficient (Wildman–Crippen LogP) is 5.90. The lowest BCUT2D eigenvalue weighted by Crippen LogP contribution is -2.31. The molecule has 2 heterocycles. The van der Waals surface area contributed by atoms with Crippen LogP contribution in [0.1, 0.15) is 38.6 Å². The summed E-state index contributed by atoms with van der Waals surface area (Å²) in [5, 5.41) is 13.5. The number of hydrogen-bond donors (Lipinski definition) is 2. The van der Waals surface area contributed by atoms with E-state index in [1.165, 1.54) is 24.3 Å². The molecule has 0 bridgehead atoms. The van der Waals surface area contributed by atoms with Crippen molar-refractivity contribution in [2.75, 3.05) is 5.32 Å². The first kappa shape index (κ1) is 22.2. The smallest absolute Gasteiger partial charge is 0.227 e. The highest BCUT2D eigenvalue weighted by Gasteiger charge is 2.31. The zero-order valence-electron chi connectivity index (χ0n) is 18.7. The van der Waals surface area contributed by atoms with Crippen molar-refractivity contribution >= 4 is 11.6 Å². The van der Waals surface area contributed by atoms with Crippen molar-refractivity contribution in [2.24, 2.45) is 0 Å². The highest BCUT2D eigenvalue weighted by Crippen LogP contribution is 2.39. The summed E-state index contributed by atoms with van der Waals surface area (Å²) in [6.07, 6.45) is 6.47. The van der Waals surface area contributed by atoms with Gasteiger partial charge in [0.05, 0.1) is 29.0 Å². The Labute approximate surface area is 196 Å². The molecule has 0 amide bonds. The lowest BCUT2D eigenvalue weighted by atomic mass is 9.83. The summed E-state index contributed by atoms with van der Waals surface area (Å²) in [5.41, 5.74) is 2.96. The Balaban J connectivity index is 1.55. The van der Waals surface area contributed by atoms with Gasteiger partial charge in [0, 0.05) is 23.5 Å². The molecule has 0 unspecified atom stereocenters. The SMILES string of the molecule is C[C@]1(O)CC[C@@H](n2cnc(-c3ccc(F)cc3)c2-c2ccnc(Nc3ccc(F)cc3)n2)CC1. The van der Waals surface area contributed by atoms with Crippen LogP contribution in [0, 0.1) is 11.6 Å². The average molecular weight is 462 g/mol. The summed E-state index contributed by atoms with van der Waals surface area (Å²) in [7, 11) is 0. The minimum Gasteiger partial charge on any atom is -0.390 e. The van der Waals surface area contributed by atoms with Gasteiger partial charge < -0.3 is 15.0 Å². The van der Waals surface area contributed by atoms with Gasteiger partial charge in [0.2, 0.25) is 5.95 Å². The molecule has 1 aliphatic carbocycles. The summed E-state index contributed by atoms with van der Waals surface area (Å²) in [4.78, 5) is 13.7. The third-order valence-corrected chi connectivity index (χ3v) is 6.34. The standard InChI is InChI=1S/C26H25F2N5O/c1-26(34)13-10-21(11-14-26)33-16-30-23(17-2-4-18(27)5-3-17)24(33)22-12-15-29-25(32-22)31-20-8-6-19(28)7-9-20/h2-9,12,15-16,21,34H,10-11,13-14H2,1H3,(H,29,31,32)/t21-,26+. The molecule has 2 aromatic heterocycles. The van der Waals surface area contributed by atoms with E-state index in [4.69, 9.17) is 4.98 Å². The molecular weight excluding hydrogens is 436 g/mol. The van der Waals surface area contributed by atoms with E-state index in [0.717, 1.165) is 24.1 Å². The van der Waals surface area contributed by atoms with Crippen LogP contribution in [0.15, 0.2) is 67.1 Å². The van der Waals surface area contributed by atoms with Crippen molar-refractivity contribution < 1.29 is 13.9 Å². The van der Waals surface area contributed by atoms with Crippen LogP contribution in [-0.4, -0.2) is 30.2 Å². The molecule has 2 N–H and O–H groups in total. The highest BCUT2D eigenvalue weighted by molar-refractivity contribution is 5.77. The topological polar surface area (TPSA) is 75.9 Å². The zero-order chi connectivity index (χ0) is 23.7. The molecule has 4 aromatic rings. The Bertz CT molecular complexity index is 1280. The van der Waals surface area contributed by atoms with E-state index in [0.29, 0.717) is 35.9 Å². The van der Waals surface area contributed by atoms with Crippen LogP contribution in [-0.2, 0) is 0 Å². The summed E-state index contributed by atoms with van der Waals surface area (Å²) in [6, 6.07) is 14.2. The van der Waals surface area contributed by atoms with E-state index in [2.05, 4.69) is 19.9 Å². The number of anilines is 2. The molecule has 8 heteroatoms. The fraction of sp³-hybridized carbons (Fsp3) is 0.269. The number of nitrogens with zero attached hydrogens (tertiary/aromatic N) is 4. The van der Waals surface area contributed by atoms with Gasteiger partial charge in [0.15, 0.2) is 0 Å². The molecule has 1 saturated carbocycles. The van der Waals surface area contributed by atoms with E-state index < -0.39 is 5.60 Å². The lowest BCUT2D eigenvalue weighted by Gasteiger charge is -2.34. The van der Waals surface area contributed by atoms with E-state index in [1.54, 1.807) is 36.8 Å². The molecule has 0 radical (unpaired) electrons. The second-order valence-corrected chi connectivity index (χ2v) is 8.98. The van der Waals surface area contributed by atoms with Crippen molar-refractivity contribution in [3.05, 3.63) is 78.8 Å². The van der Waals surface area contributed by atoms with Crippen molar-refractivity contribution in [1.82, 2.24) is 19.5 Å². The number of hydrogen-bond acceptors (Lipinski definition) is 5. The molecule has 6 nitrogen and oxygen atoms in total. The summed E-state index contributed by atoms with van der Waals surface area (Å²) < 4.78 is 29.0. The van der Waals surface area contributed by atoms with Crippen molar-refractivity contribution in [3.63, 3.8) is 0 Å². The van der Waals surface area contributed by atoms with Crippen LogP contribution < -0.4 is 5.32 Å². The molecule has 0 atom stereocenters. The predicted molar refractivity (Wildman–Crippen MR) is 126 cm³/mol. The van der Waals surface area contributed by atoms with E-state index in [-0.39, 0.29) is 17.7 Å². The number of rotatable bonds is 5. The quantitative estimate of drug-likeness (QED) is 0.387. The second kappa shape index (κ2) is 8.95. The van der Waals surface area contributed by atoms with Gasteiger partial charge in [-0.25, -0.2) is 23.7 Å². The van der Waals surface area contributed by atoms with Crippen LogP contribution in [0.25, 0.3) is 22.6 Å². The molecule has 34 heavy (non-hydrogen) atoms. The number of benzene rings is 2. The largest absolute Gasteiger partial charge is 0.390 e. The Morgan fingerprint density at radius 1 is 0.941 bits per heavy atom. The van der Waals surface area contributed by atoms with Crippen LogP contribution in [0.2, 0.25) is 0 Å². The molecule has 2 aromatic carbocycles. The second-order valence-electron chi connectivity index (χ2n) is 8.98. The van der Waals surface area contributed by atoms with Gasteiger partial charge in [-0.1, -0.05) is 0 Å². The fourth-order valence-electron chi connectivity index (χ4n) is 4.43. The van der Waals surface area contributed by atoms with Crippen molar-refractivity contribution in [2.45, 2.75) is 44.2 Å². The van der Waals surface area contributed by atoms with Gasteiger partial charge in [-0.3, -0.25) is 0 Å². The first-order valence-electron chi connectivity index (χ1n) is 11.3. The number of aromatic nitrogens is 4. The van der Waals surface area contributed by atoms with Gasteiger partial charge in [-0.15, -0.1) is 0 Å². The van der Waals surface area contributed by atoms with Crippen LogP contribution in [0.3, 0.4) is 0 Å². The van der Waals surface area contributed by atoms with E-state index >= 15 is 0 Å². The lowest BCUT2D eigenvalue weighted by molar-refractivity contribution is 0.0101. The average Bonchev–Trinajstić information content (AvgIpc) is 3.26. The van der Waals surface area contributed by atoms with Crippen LogP contribution in [0.4, 0.5) is 20.4 Å². The van der Waals surface area contributed by atoms with Crippen LogP contribution >= 0.6 is 0 Å². The molecule has 1 aliphatic rings. The minimum atomic E-state index is -0.655. The summed E-state index contributed by atoms with van der Waals surface area (Å²) in [5.74, 6) is -0.264. The normalized spacial score (nSPS) is 20.3. The first-order valence-corrected chi connectivity index (χ1v) is 11.3. The number of nitrogens with one attached hydrogen (secondary N) is 1. The molecule has 174 valence electrons. The number of halogens is 2. The molecular formula is C26H25F2N5O. The Hall–Kier alpha value is -3.65. The third kappa shape index (κ3) is 4.68. The Morgan fingerprint density at radius 3 is 2.26 bits per heavy atom. The monoisotopic (exact) mass is 461 g/mol. The Morgan fingerprint density at radius 2 is 1.59 bits per heavy atom. The molecule has 5 rings (SSSR count). The van der Waals surface area contributed by atoms with Gasteiger partial charge in [0.25, 0.3) is 0 Å². The maximum Gasteiger partial charge on any atom is 0.227 e. The highest BCUT2D eigenvalue weighted by atomic mass is 19.1. The Kier molecular flexibility index (Phi) is 5.83. The molecule has 0 aliphatic heterocycles. The van der Waals surface area contributed by atoms with Crippen LogP contribution in [0.5, 0.6) is 0 Å². The van der Waals surface area contributed by atoms with Crippen molar-refractivity contribution in [3.8, 4) is 22.6 Å². The zero-order valence-corrected chi connectivity index (χ0v) is 18.7. The van der Waals surface area contributed by atoms with E-state index in [9.17, 15) is 13.9 Å². The van der Waals surface area contributed by atoms with Gasteiger partial charge in [-0.05, 0) is 87.2 Å². The molecule has 0 saturated heterocycles. The van der Waals surface area contributed by atoms with Crippen molar-refractivity contribution in [1.29, 1.82) is 0 Å². The van der Waals surface area contributed by atoms with E-state index in [1.807, 2.05) is 13.0 Å². The first-order chi connectivity index (χ1) is 16.4. The summed E-state index contributed by atoms with van der Waals surface area (Å²) in [6.45, 7) is 1.87. The summed E-state index contributed by atoms with van der Waals surface area (Å²) >= 11 is 0. The third-order valence-electron chi connectivity index (χ3n) is 6.34. The molecule has 1 fully saturated rings. The maximum absolute atomic E-state index is 13.6. The number of imidazole rings is 1.